The van der Waals surface area contributed by atoms with E-state index in [1.807, 2.05) is 0 Å². The third kappa shape index (κ3) is 4.14. The number of rotatable bonds is 3. The summed E-state index contributed by atoms with van der Waals surface area (Å²) in [6.07, 6.45) is 0. The summed E-state index contributed by atoms with van der Waals surface area (Å²) in [5.41, 5.74) is 0.333. The zero-order valence-corrected chi connectivity index (χ0v) is 8.88. The van der Waals surface area contributed by atoms with E-state index in [1.54, 1.807) is 0 Å². The highest BCUT2D eigenvalue weighted by Gasteiger charge is 2.09. The van der Waals surface area contributed by atoms with Crippen LogP contribution in [0, 0.1) is 10.1 Å². The molecule has 0 fully saturated rings. The van der Waals surface area contributed by atoms with E-state index in [1.165, 1.54) is 18.2 Å². The Morgan fingerprint density at radius 1 is 1.33 bits per heavy atom. The summed E-state index contributed by atoms with van der Waals surface area (Å²) >= 11 is 11.3. The van der Waals surface area contributed by atoms with Gasteiger partial charge >= 0.3 is 0 Å². The van der Waals surface area contributed by atoms with Crippen molar-refractivity contribution in [1.82, 2.24) is 0 Å². The Labute approximate surface area is 95.1 Å². The van der Waals surface area contributed by atoms with Gasteiger partial charge in [0, 0.05) is 20.7 Å². The number of nitro groups is 1. The molecule has 0 spiro atoms. The quantitative estimate of drug-likeness (QED) is 0.659. The first-order valence-electron chi connectivity index (χ1n) is 3.85. The summed E-state index contributed by atoms with van der Waals surface area (Å²) in [5, 5.41) is 13.0. The van der Waals surface area contributed by atoms with Crippen molar-refractivity contribution in [2.45, 2.75) is 0 Å². The van der Waals surface area contributed by atoms with Gasteiger partial charge in [-0.2, -0.15) is 0 Å². The van der Waals surface area contributed by atoms with Gasteiger partial charge in [-0.1, -0.05) is 23.2 Å². The summed E-state index contributed by atoms with van der Waals surface area (Å²) in [7, 11) is 0. The van der Waals surface area contributed by atoms with Crippen LogP contribution in [-0.4, -0.2) is 17.4 Å². The lowest BCUT2D eigenvalue weighted by Gasteiger charge is -2.03. The van der Waals surface area contributed by atoms with Crippen LogP contribution in [0.5, 0.6) is 0 Å². The fourth-order valence-electron chi connectivity index (χ4n) is 0.944. The molecule has 1 N–H and O–H groups in total. The van der Waals surface area contributed by atoms with Gasteiger partial charge in [0.2, 0.25) is 0 Å². The van der Waals surface area contributed by atoms with E-state index in [2.05, 4.69) is 5.32 Å². The van der Waals surface area contributed by atoms with Crippen LogP contribution in [0.25, 0.3) is 0 Å². The van der Waals surface area contributed by atoms with E-state index in [9.17, 15) is 14.9 Å². The molecule has 0 aliphatic rings. The molecule has 1 aromatic rings. The van der Waals surface area contributed by atoms with Crippen LogP contribution in [-0.2, 0) is 4.79 Å². The van der Waals surface area contributed by atoms with Crippen LogP contribution in [0.2, 0.25) is 10.0 Å². The number of nitrogens with zero attached hydrogens (tertiary/aromatic N) is 1. The molecule has 1 aromatic carbocycles. The SMILES string of the molecule is O=C(C[N+](=O)[O-])Nc1cc(Cl)cc(Cl)c1. The predicted molar refractivity (Wildman–Crippen MR) is 57.0 cm³/mol. The van der Waals surface area contributed by atoms with Crippen molar-refractivity contribution >= 4 is 34.8 Å². The lowest BCUT2D eigenvalue weighted by atomic mass is 10.3. The number of carbonyl (C=O) groups excluding carboxylic acids is 1. The smallest absolute Gasteiger partial charge is 0.296 e. The van der Waals surface area contributed by atoms with Gasteiger partial charge in [-0.25, -0.2) is 0 Å². The van der Waals surface area contributed by atoms with Crippen molar-refractivity contribution in [3.63, 3.8) is 0 Å². The molecule has 0 radical (unpaired) electrons. The second-order valence-electron chi connectivity index (χ2n) is 2.70. The lowest BCUT2D eigenvalue weighted by Crippen LogP contribution is -2.21. The normalized spacial score (nSPS) is 9.73. The van der Waals surface area contributed by atoms with Crippen LogP contribution in [0.3, 0.4) is 0 Å². The van der Waals surface area contributed by atoms with Gasteiger partial charge in [-0.3, -0.25) is 14.9 Å². The van der Waals surface area contributed by atoms with Gasteiger partial charge in [-0.05, 0) is 18.2 Å². The molecule has 15 heavy (non-hydrogen) atoms. The average Bonchev–Trinajstić information content (AvgIpc) is 1.98. The first-order chi connectivity index (χ1) is 6.97. The molecule has 0 saturated carbocycles. The van der Waals surface area contributed by atoms with Gasteiger partial charge in [0.05, 0.1) is 0 Å². The number of amides is 1. The first kappa shape index (κ1) is 11.7. The lowest BCUT2D eigenvalue weighted by molar-refractivity contribution is -0.467. The van der Waals surface area contributed by atoms with Crippen molar-refractivity contribution in [2.75, 3.05) is 11.9 Å². The van der Waals surface area contributed by atoms with E-state index < -0.39 is 17.4 Å². The van der Waals surface area contributed by atoms with E-state index in [0.29, 0.717) is 15.7 Å². The molecule has 1 rings (SSSR count). The number of nitrogens with one attached hydrogen (secondary N) is 1. The van der Waals surface area contributed by atoms with Gasteiger partial charge < -0.3 is 5.32 Å². The van der Waals surface area contributed by atoms with Crippen LogP contribution in [0.15, 0.2) is 18.2 Å². The van der Waals surface area contributed by atoms with Crippen molar-refractivity contribution in [3.8, 4) is 0 Å². The van der Waals surface area contributed by atoms with Crippen LogP contribution < -0.4 is 5.32 Å². The van der Waals surface area contributed by atoms with E-state index in [4.69, 9.17) is 23.2 Å². The third-order valence-electron chi connectivity index (χ3n) is 1.42. The Morgan fingerprint density at radius 3 is 2.33 bits per heavy atom. The molecule has 0 atom stereocenters. The second-order valence-corrected chi connectivity index (χ2v) is 3.57. The number of hydrogen-bond donors (Lipinski definition) is 1. The molecular weight excluding hydrogens is 243 g/mol. The van der Waals surface area contributed by atoms with Crippen molar-refractivity contribution in [3.05, 3.63) is 38.4 Å². The third-order valence-corrected chi connectivity index (χ3v) is 1.86. The maximum Gasteiger partial charge on any atom is 0.296 e. The fourth-order valence-corrected chi connectivity index (χ4v) is 1.47. The Kier molecular flexibility index (Phi) is 3.88. The van der Waals surface area contributed by atoms with Crippen molar-refractivity contribution in [2.24, 2.45) is 0 Å². The molecule has 1 amide bonds. The summed E-state index contributed by atoms with van der Waals surface area (Å²) in [4.78, 5) is 20.3. The standard InChI is InChI=1S/C8H6Cl2N2O3/c9-5-1-6(10)3-7(2-5)11-8(13)4-12(14)15/h1-3H,4H2,(H,11,13). The molecule has 0 heterocycles. The van der Waals surface area contributed by atoms with E-state index in [0.717, 1.165) is 0 Å². The first-order valence-corrected chi connectivity index (χ1v) is 4.60. The van der Waals surface area contributed by atoms with Crippen molar-refractivity contribution < 1.29 is 9.72 Å². The van der Waals surface area contributed by atoms with Crippen molar-refractivity contribution in [1.29, 1.82) is 0 Å². The topological polar surface area (TPSA) is 72.2 Å². The highest BCUT2D eigenvalue weighted by molar-refractivity contribution is 6.35. The van der Waals surface area contributed by atoms with Crippen LogP contribution in [0.1, 0.15) is 0 Å². The molecule has 7 heteroatoms. The molecule has 80 valence electrons. The minimum absolute atomic E-state index is 0.333. The van der Waals surface area contributed by atoms with Gasteiger partial charge in [0.1, 0.15) is 0 Å². The number of halogens is 2. The van der Waals surface area contributed by atoms with E-state index in [-0.39, 0.29) is 0 Å². The largest absolute Gasteiger partial charge is 0.320 e. The maximum absolute atomic E-state index is 11.0. The highest BCUT2D eigenvalue weighted by Crippen LogP contribution is 2.22. The minimum atomic E-state index is -0.788. The number of carbonyl (C=O) groups is 1. The molecule has 0 aromatic heterocycles. The summed E-state index contributed by atoms with van der Waals surface area (Å²) < 4.78 is 0. The van der Waals surface area contributed by atoms with E-state index >= 15 is 0 Å². The molecule has 0 aliphatic heterocycles. The summed E-state index contributed by atoms with van der Waals surface area (Å²) in [6, 6.07) is 4.39. The van der Waals surface area contributed by atoms with Gasteiger partial charge in [0.25, 0.3) is 12.5 Å². The van der Waals surface area contributed by atoms with Gasteiger partial charge in [0.15, 0.2) is 0 Å². The fraction of sp³-hybridized carbons (Fsp3) is 0.125. The zero-order valence-electron chi connectivity index (χ0n) is 7.37. The molecule has 0 aliphatic carbocycles. The molecular formula is C8H6Cl2N2O3. The number of benzene rings is 1. The zero-order chi connectivity index (χ0) is 11.4. The van der Waals surface area contributed by atoms with Gasteiger partial charge in [-0.15, -0.1) is 0 Å². The Hall–Kier alpha value is -1.33. The Morgan fingerprint density at radius 2 is 1.87 bits per heavy atom. The maximum atomic E-state index is 11.0. The van der Waals surface area contributed by atoms with Crippen LogP contribution in [0.4, 0.5) is 5.69 Å². The Balaban J connectivity index is 2.72. The number of hydrogen-bond acceptors (Lipinski definition) is 3. The molecule has 0 unspecified atom stereocenters. The molecule has 0 bridgehead atoms. The second kappa shape index (κ2) is 4.95. The highest BCUT2D eigenvalue weighted by atomic mass is 35.5. The number of anilines is 1. The summed E-state index contributed by atoms with van der Waals surface area (Å²) in [5.74, 6) is -0.724. The minimum Gasteiger partial charge on any atom is -0.320 e. The van der Waals surface area contributed by atoms with Crippen LogP contribution >= 0.6 is 23.2 Å². The molecule has 5 nitrogen and oxygen atoms in total. The average molecular weight is 249 g/mol. The Bertz CT molecular complexity index is 389. The monoisotopic (exact) mass is 248 g/mol. The predicted octanol–water partition coefficient (Wildman–Crippen LogP) is 2.21. The summed E-state index contributed by atoms with van der Waals surface area (Å²) in [6.45, 7) is -0.788. The molecule has 0 saturated heterocycles.